The fourth-order valence-electron chi connectivity index (χ4n) is 1.85. The number of carbonyl (C=O) groups excluding carboxylic acids is 1. The van der Waals surface area contributed by atoms with Crippen LogP contribution < -0.4 is 5.32 Å². The second-order valence-electron chi connectivity index (χ2n) is 4.37. The predicted octanol–water partition coefficient (Wildman–Crippen LogP) is 1.82. The Kier molecular flexibility index (Phi) is 7.03. The van der Waals surface area contributed by atoms with Gasteiger partial charge in [-0.2, -0.15) is 0 Å². The maximum absolute atomic E-state index is 11.8. The van der Waals surface area contributed by atoms with Crippen LogP contribution in [0.25, 0.3) is 0 Å². The van der Waals surface area contributed by atoms with Crippen molar-refractivity contribution in [1.82, 2.24) is 15.2 Å². The van der Waals surface area contributed by atoms with Crippen molar-refractivity contribution in [2.24, 2.45) is 0 Å². The molecule has 0 aromatic carbocycles. The Bertz CT molecular complexity index is 334. The zero-order valence-electron chi connectivity index (χ0n) is 11.4. The molecule has 0 fully saturated rings. The number of aromatic nitrogens is 1. The molecule has 1 aromatic heterocycles. The van der Waals surface area contributed by atoms with E-state index in [9.17, 15) is 4.79 Å². The number of hydrogen-bond donors (Lipinski definition) is 1. The van der Waals surface area contributed by atoms with Gasteiger partial charge in [-0.3, -0.25) is 14.7 Å². The molecule has 0 aliphatic heterocycles. The van der Waals surface area contributed by atoms with Gasteiger partial charge in [-0.05, 0) is 38.1 Å². The third kappa shape index (κ3) is 5.77. The summed E-state index contributed by atoms with van der Waals surface area (Å²) in [5, 5.41) is 2.90. The Hall–Kier alpha value is -1.42. The van der Waals surface area contributed by atoms with Crippen LogP contribution in [0, 0.1) is 0 Å². The van der Waals surface area contributed by atoms with Gasteiger partial charge in [-0.1, -0.05) is 19.9 Å². The highest BCUT2D eigenvalue weighted by Gasteiger charge is 2.08. The molecule has 0 atom stereocenters. The monoisotopic (exact) mass is 249 g/mol. The van der Waals surface area contributed by atoms with Gasteiger partial charge in [-0.25, -0.2) is 0 Å². The summed E-state index contributed by atoms with van der Waals surface area (Å²) in [5.74, 6) is 0.0718. The van der Waals surface area contributed by atoms with Gasteiger partial charge in [0.1, 0.15) is 0 Å². The fraction of sp³-hybridized carbons (Fsp3) is 0.571. The molecule has 1 rings (SSSR count). The van der Waals surface area contributed by atoms with E-state index in [1.807, 2.05) is 18.2 Å². The third-order valence-electron chi connectivity index (χ3n) is 2.64. The summed E-state index contributed by atoms with van der Waals surface area (Å²) in [7, 11) is 0. The molecule has 0 saturated heterocycles. The van der Waals surface area contributed by atoms with E-state index in [2.05, 4.69) is 29.0 Å². The summed E-state index contributed by atoms with van der Waals surface area (Å²) in [4.78, 5) is 18.2. The van der Waals surface area contributed by atoms with E-state index in [0.717, 1.165) is 31.6 Å². The smallest absolute Gasteiger partial charge is 0.234 e. The number of pyridine rings is 1. The molecule has 4 nitrogen and oxygen atoms in total. The lowest BCUT2D eigenvalue weighted by molar-refractivity contribution is -0.122. The molecular formula is C14H23N3O. The molecule has 1 amide bonds. The van der Waals surface area contributed by atoms with Gasteiger partial charge in [0, 0.05) is 6.20 Å². The Morgan fingerprint density at radius 2 is 2.00 bits per heavy atom. The Balaban J connectivity index is 2.31. The molecule has 1 aromatic rings. The standard InChI is InChI=1S/C14H23N3O/c1-3-9-17(10-4-2)12-14(18)16-11-13-7-5-6-8-15-13/h5-8H,3-4,9-12H2,1-2H3,(H,16,18). The second-order valence-corrected chi connectivity index (χ2v) is 4.37. The Morgan fingerprint density at radius 1 is 1.28 bits per heavy atom. The largest absolute Gasteiger partial charge is 0.349 e. The van der Waals surface area contributed by atoms with Crippen molar-refractivity contribution in [3.63, 3.8) is 0 Å². The lowest BCUT2D eigenvalue weighted by atomic mass is 10.3. The van der Waals surface area contributed by atoms with E-state index in [-0.39, 0.29) is 5.91 Å². The molecule has 0 unspecified atom stereocenters. The molecule has 100 valence electrons. The average molecular weight is 249 g/mol. The first-order valence-electron chi connectivity index (χ1n) is 6.65. The Labute approximate surface area is 109 Å². The van der Waals surface area contributed by atoms with Crippen molar-refractivity contribution >= 4 is 5.91 Å². The lowest BCUT2D eigenvalue weighted by Gasteiger charge is -2.20. The van der Waals surface area contributed by atoms with Crippen LogP contribution in [0.1, 0.15) is 32.4 Å². The first-order valence-corrected chi connectivity index (χ1v) is 6.65. The molecule has 0 bridgehead atoms. The van der Waals surface area contributed by atoms with E-state index in [1.54, 1.807) is 6.20 Å². The molecule has 0 aliphatic rings. The van der Waals surface area contributed by atoms with Crippen LogP contribution in [-0.2, 0) is 11.3 Å². The maximum atomic E-state index is 11.8. The minimum Gasteiger partial charge on any atom is -0.349 e. The van der Waals surface area contributed by atoms with Crippen molar-refractivity contribution in [2.45, 2.75) is 33.2 Å². The normalized spacial score (nSPS) is 10.6. The highest BCUT2D eigenvalue weighted by molar-refractivity contribution is 5.77. The van der Waals surface area contributed by atoms with Crippen LogP contribution in [0.3, 0.4) is 0 Å². The molecular weight excluding hydrogens is 226 g/mol. The van der Waals surface area contributed by atoms with Crippen LogP contribution in [0.2, 0.25) is 0 Å². The zero-order valence-corrected chi connectivity index (χ0v) is 11.4. The topological polar surface area (TPSA) is 45.2 Å². The zero-order chi connectivity index (χ0) is 13.2. The van der Waals surface area contributed by atoms with Crippen molar-refractivity contribution < 1.29 is 4.79 Å². The third-order valence-corrected chi connectivity index (χ3v) is 2.64. The van der Waals surface area contributed by atoms with Gasteiger partial charge in [0.15, 0.2) is 0 Å². The highest BCUT2D eigenvalue weighted by atomic mass is 16.2. The van der Waals surface area contributed by atoms with E-state index in [0.29, 0.717) is 13.1 Å². The summed E-state index contributed by atoms with van der Waals surface area (Å²) < 4.78 is 0. The van der Waals surface area contributed by atoms with Crippen LogP contribution in [0.5, 0.6) is 0 Å². The van der Waals surface area contributed by atoms with E-state index >= 15 is 0 Å². The Morgan fingerprint density at radius 3 is 2.56 bits per heavy atom. The summed E-state index contributed by atoms with van der Waals surface area (Å²) in [5.41, 5.74) is 0.892. The highest BCUT2D eigenvalue weighted by Crippen LogP contribution is 1.95. The SMILES string of the molecule is CCCN(CCC)CC(=O)NCc1ccccn1. The quantitative estimate of drug-likeness (QED) is 0.764. The summed E-state index contributed by atoms with van der Waals surface area (Å²) in [6, 6.07) is 5.71. The van der Waals surface area contributed by atoms with Crippen LogP contribution in [-0.4, -0.2) is 35.4 Å². The maximum Gasteiger partial charge on any atom is 0.234 e. The van der Waals surface area contributed by atoms with Crippen LogP contribution in [0.15, 0.2) is 24.4 Å². The number of nitrogens with zero attached hydrogens (tertiary/aromatic N) is 2. The van der Waals surface area contributed by atoms with Gasteiger partial charge in [0.2, 0.25) is 5.91 Å². The molecule has 1 heterocycles. The molecule has 0 radical (unpaired) electrons. The second kappa shape index (κ2) is 8.64. The molecule has 4 heteroatoms. The number of nitrogens with one attached hydrogen (secondary N) is 1. The number of hydrogen-bond acceptors (Lipinski definition) is 3. The van der Waals surface area contributed by atoms with Crippen molar-refractivity contribution in [2.75, 3.05) is 19.6 Å². The van der Waals surface area contributed by atoms with Gasteiger partial charge in [0.05, 0.1) is 18.8 Å². The van der Waals surface area contributed by atoms with Gasteiger partial charge in [0.25, 0.3) is 0 Å². The summed E-state index contributed by atoms with van der Waals surface area (Å²) >= 11 is 0. The first kappa shape index (κ1) is 14.6. The van der Waals surface area contributed by atoms with E-state index in [1.165, 1.54) is 0 Å². The van der Waals surface area contributed by atoms with Crippen LogP contribution >= 0.6 is 0 Å². The number of amides is 1. The van der Waals surface area contributed by atoms with Crippen molar-refractivity contribution in [1.29, 1.82) is 0 Å². The van der Waals surface area contributed by atoms with E-state index in [4.69, 9.17) is 0 Å². The van der Waals surface area contributed by atoms with Gasteiger partial charge in [-0.15, -0.1) is 0 Å². The average Bonchev–Trinajstić information content (AvgIpc) is 2.38. The minimum atomic E-state index is 0.0718. The molecule has 1 N–H and O–H groups in total. The van der Waals surface area contributed by atoms with Gasteiger partial charge >= 0.3 is 0 Å². The lowest BCUT2D eigenvalue weighted by Crippen LogP contribution is -2.37. The molecule has 0 saturated carbocycles. The van der Waals surface area contributed by atoms with Crippen molar-refractivity contribution in [3.05, 3.63) is 30.1 Å². The van der Waals surface area contributed by atoms with Crippen molar-refractivity contribution in [3.8, 4) is 0 Å². The summed E-state index contributed by atoms with van der Waals surface area (Å²) in [6.07, 6.45) is 3.89. The number of carbonyl (C=O) groups is 1. The predicted molar refractivity (Wildman–Crippen MR) is 73.1 cm³/mol. The molecule has 0 spiro atoms. The fourth-order valence-corrected chi connectivity index (χ4v) is 1.85. The van der Waals surface area contributed by atoms with Crippen LogP contribution in [0.4, 0.5) is 0 Å². The number of rotatable bonds is 8. The van der Waals surface area contributed by atoms with E-state index < -0.39 is 0 Å². The summed E-state index contributed by atoms with van der Waals surface area (Å²) in [6.45, 7) is 7.21. The molecule has 18 heavy (non-hydrogen) atoms. The first-order chi connectivity index (χ1) is 8.76. The minimum absolute atomic E-state index is 0.0718. The van der Waals surface area contributed by atoms with Gasteiger partial charge < -0.3 is 5.32 Å². The molecule has 0 aliphatic carbocycles.